The lowest BCUT2D eigenvalue weighted by molar-refractivity contribution is -0.128. The van der Waals surface area contributed by atoms with Crippen molar-refractivity contribution in [2.45, 2.75) is 25.7 Å². The van der Waals surface area contributed by atoms with E-state index in [4.69, 9.17) is 4.74 Å². The van der Waals surface area contributed by atoms with E-state index >= 15 is 0 Å². The van der Waals surface area contributed by atoms with Crippen molar-refractivity contribution in [1.82, 2.24) is 10.3 Å². The number of carbonyl (C=O) groups is 1. The Morgan fingerprint density at radius 3 is 3.30 bits per heavy atom. The van der Waals surface area contributed by atoms with Crippen LogP contribution >= 0.6 is 0 Å². The first-order valence-corrected chi connectivity index (χ1v) is 7.26. The number of nitrogens with one attached hydrogen (secondary N) is 2. The fourth-order valence-corrected chi connectivity index (χ4v) is 3.59. The van der Waals surface area contributed by atoms with Crippen LogP contribution in [0.1, 0.15) is 25.7 Å². The molecule has 2 aliphatic rings. The molecule has 5 nitrogen and oxygen atoms in total. The quantitative estimate of drug-likeness (QED) is 0.883. The molecule has 1 aromatic rings. The first kappa shape index (κ1) is 13.4. The lowest BCUT2D eigenvalue weighted by Crippen LogP contribution is -2.44. The lowest BCUT2D eigenvalue weighted by Gasteiger charge is -2.37. The highest BCUT2D eigenvalue weighted by Crippen LogP contribution is 2.44. The van der Waals surface area contributed by atoms with Crippen LogP contribution < -0.4 is 15.4 Å². The van der Waals surface area contributed by atoms with Gasteiger partial charge in [-0.2, -0.15) is 0 Å². The van der Waals surface area contributed by atoms with E-state index in [2.05, 4.69) is 15.6 Å². The average Bonchev–Trinajstić information content (AvgIpc) is 2.93. The van der Waals surface area contributed by atoms with Crippen LogP contribution in [0, 0.1) is 11.3 Å². The van der Waals surface area contributed by atoms with Crippen LogP contribution in [-0.2, 0) is 4.79 Å². The zero-order chi connectivity index (χ0) is 14.0. The van der Waals surface area contributed by atoms with Gasteiger partial charge < -0.3 is 15.4 Å². The van der Waals surface area contributed by atoms with Crippen LogP contribution in [-0.4, -0.2) is 31.1 Å². The van der Waals surface area contributed by atoms with Crippen LogP contribution in [0.15, 0.2) is 18.5 Å². The summed E-state index contributed by atoms with van der Waals surface area (Å²) in [6.45, 7) is 1.74. The number of nitrogens with zero attached hydrogens (tertiary/aromatic N) is 1. The third-order valence-corrected chi connectivity index (χ3v) is 4.74. The molecule has 0 bridgehead atoms. The first-order valence-electron chi connectivity index (χ1n) is 7.26. The third kappa shape index (κ3) is 2.16. The van der Waals surface area contributed by atoms with Gasteiger partial charge in [-0.1, -0.05) is 12.8 Å². The van der Waals surface area contributed by atoms with Gasteiger partial charge in [-0.05, 0) is 25.3 Å². The number of amides is 1. The van der Waals surface area contributed by atoms with Gasteiger partial charge in [0.2, 0.25) is 5.91 Å². The summed E-state index contributed by atoms with van der Waals surface area (Å²) < 4.78 is 5.27. The van der Waals surface area contributed by atoms with Crippen molar-refractivity contribution in [3.05, 3.63) is 18.5 Å². The normalized spacial score (nSPS) is 28.8. The number of carbonyl (C=O) groups excluding carboxylic acids is 1. The molecule has 1 aliphatic carbocycles. The van der Waals surface area contributed by atoms with Gasteiger partial charge in [0, 0.05) is 18.8 Å². The number of aromatic nitrogens is 1. The highest BCUT2D eigenvalue weighted by atomic mass is 16.5. The maximum atomic E-state index is 12.8. The van der Waals surface area contributed by atoms with Gasteiger partial charge >= 0.3 is 0 Å². The van der Waals surface area contributed by atoms with Gasteiger partial charge in [-0.25, -0.2) is 0 Å². The zero-order valence-electron chi connectivity index (χ0n) is 11.8. The van der Waals surface area contributed by atoms with E-state index in [1.165, 1.54) is 6.42 Å². The largest absolute Gasteiger partial charge is 0.494 e. The van der Waals surface area contributed by atoms with Crippen molar-refractivity contribution in [3.63, 3.8) is 0 Å². The van der Waals surface area contributed by atoms with E-state index in [0.717, 1.165) is 32.4 Å². The number of hydrogen-bond donors (Lipinski definition) is 2. The Kier molecular flexibility index (Phi) is 3.61. The molecule has 0 unspecified atom stereocenters. The number of pyridine rings is 1. The number of rotatable bonds is 3. The van der Waals surface area contributed by atoms with Gasteiger partial charge in [0.25, 0.3) is 0 Å². The first-order chi connectivity index (χ1) is 9.76. The van der Waals surface area contributed by atoms with Crippen molar-refractivity contribution < 1.29 is 9.53 Å². The van der Waals surface area contributed by atoms with Gasteiger partial charge in [0.1, 0.15) is 11.4 Å². The monoisotopic (exact) mass is 275 g/mol. The Morgan fingerprint density at radius 2 is 2.45 bits per heavy atom. The molecule has 0 aromatic carbocycles. The predicted octanol–water partition coefficient (Wildman–Crippen LogP) is 1.81. The summed E-state index contributed by atoms with van der Waals surface area (Å²) in [6.07, 6.45) is 7.79. The summed E-state index contributed by atoms with van der Waals surface area (Å²) in [5.74, 6) is 1.22. The van der Waals surface area contributed by atoms with Crippen LogP contribution in [0.2, 0.25) is 0 Å². The summed E-state index contributed by atoms with van der Waals surface area (Å²) in [7, 11) is 1.60. The standard InChI is InChI=1S/C15H21N3O2/c1-20-13-5-7-16-9-12(13)18-14(19)15-6-3-2-4-11(15)8-17-10-15/h5,7,9,11,17H,2-4,6,8,10H2,1H3,(H,18,19)/t11-,15+/m0/s1. The fourth-order valence-electron chi connectivity index (χ4n) is 3.59. The molecule has 3 rings (SSSR count). The third-order valence-electron chi connectivity index (χ3n) is 4.74. The molecule has 2 fully saturated rings. The summed E-state index contributed by atoms with van der Waals surface area (Å²) >= 11 is 0. The molecule has 108 valence electrons. The maximum Gasteiger partial charge on any atom is 0.232 e. The Morgan fingerprint density at radius 1 is 1.55 bits per heavy atom. The second-order valence-electron chi connectivity index (χ2n) is 5.76. The molecule has 20 heavy (non-hydrogen) atoms. The second-order valence-corrected chi connectivity index (χ2v) is 5.76. The number of ether oxygens (including phenoxy) is 1. The number of anilines is 1. The van der Waals surface area contributed by atoms with E-state index in [9.17, 15) is 4.79 Å². The molecule has 1 saturated heterocycles. The molecule has 0 spiro atoms. The molecule has 0 radical (unpaired) electrons. The molecule has 5 heteroatoms. The van der Waals surface area contributed by atoms with Gasteiger partial charge in [0.05, 0.1) is 18.7 Å². The Hall–Kier alpha value is -1.62. The second kappa shape index (κ2) is 5.40. The van der Waals surface area contributed by atoms with Crippen LogP contribution in [0.4, 0.5) is 5.69 Å². The topological polar surface area (TPSA) is 63.2 Å². The summed E-state index contributed by atoms with van der Waals surface area (Å²) in [4.78, 5) is 16.9. The highest BCUT2D eigenvalue weighted by Gasteiger charge is 2.49. The van der Waals surface area contributed by atoms with Crippen molar-refractivity contribution in [3.8, 4) is 5.75 Å². The lowest BCUT2D eigenvalue weighted by atomic mass is 9.67. The molecule has 2 atom stereocenters. The maximum absolute atomic E-state index is 12.8. The Bertz CT molecular complexity index is 506. The minimum Gasteiger partial charge on any atom is -0.494 e. The molecule has 2 heterocycles. The zero-order valence-corrected chi connectivity index (χ0v) is 11.8. The fraction of sp³-hybridized carbons (Fsp3) is 0.600. The molecular weight excluding hydrogens is 254 g/mol. The molecule has 1 aliphatic heterocycles. The summed E-state index contributed by atoms with van der Waals surface area (Å²) in [5.41, 5.74) is 0.407. The van der Waals surface area contributed by atoms with Crippen LogP contribution in [0.5, 0.6) is 5.75 Å². The van der Waals surface area contributed by atoms with Crippen LogP contribution in [0.25, 0.3) is 0 Å². The van der Waals surface area contributed by atoms with Gasteiger partial charge in [0.15, 0.2) is 0 Å². The number of hydrogen-bond acceptors (Lipinski definition) is 4. The number of fused-ring (bicyclic) bond motifs is 1. The van der Waals surface area contributed by atoms with E-state index in [-0.39, 0.29) is 11.3 Å². The predicted molar refractivity (Wildman–Crippen MR) is 76.7 cm³/mol. The minimum absolute atomic E-state index is 0.110. The summed E-state index contributed by atoms with van der Waals surface area (Å²) in [5, 5.41) is 6.42. The Balaban J connectivity index is 1.81. The highest BCUT2D eigenvalue weighted by molar-refractivity contribution is 5.97. The van der Waals surface area contributed by atoms with Crippen molar-refractivity contribution in [1.29, 1.82) is 0 Å². The smallest absolute Gasteiger partial charge is 0.232 e. The molecule has 2 N–H and O–H groups in total. The van der Waals surface area contributed by atoms with E-state index in [1.807, 2.05) is 0 Å². The van der Waals surface area contributed by atoms with Gasteiger partial charge in [-0.15, -0.1) is 0 Å². The minimum atomic E-state index is -0.251. The summed E-state index contributed by atoms with van der Waals surface area (Å²) in [6, 6.07) is 1.76. The molecule has 1 saturated carbocycles. The molecular formula is C15H21N3O2. The average molecular weight is 275 g/mol. The van der Waals surface area contributed by atoms with Crippen LogP contribution in [0.3, 0.4) is 0 Å². The van der Waals surface area contributed by atoms with E-state index < -0.39 is 0 Å². The van der Waals surface area contributed by atoms with Crippen molar-refractivity contribution in [2.24, 2.45) is 11.3 Å². The molecule has 1 aromatic heterocycles. The number of methoxy groups -OCH3 is 1. The van der Waals surface area contributed by atoms with Crippen molar-refractivity contribution >= 4 is 11.6 Å². The van der Waals surface area contributed by atoms with E-state index in [0.29, 0.717) is 17.4 Å². The van der Waals surface area contributed by atoms with Gasteiger partial charge in [-0.3, -0.25) is 9.78 Å². The SMILES string of the molecule is COc1ccncc1NC(=O)[C@@]12CCCC[C@H]1CNC2. The van der Waals surface area contributed by atoms with E-state index in [1.54, 1.807) is 25.6 Å². The Labute approximate surface area is 119 Å². The molecule has 1 amide bonds. The van der Waals surface area contributed by atoms with Crippen molar-refractivity contribution in [2.75, 3.05) is 25.5 Å².